The van der Waals surface area contributed by atoms with Crippen LogP contribution in [0, 0.1) is 0 Å². The van der Waals surface area contributed by atoms with Crippen LogP contribution in [0.2, 0.25) is 0 Å². The first kappa shape index (κ1) is 10.8. The SMILES string of the molecule is O=C(O)c1ncc(-c2ccccn2)n1C(=O)O. The summed E-state index contributed by atoms with van der Waals surface area (Å²) in [4.78, 5) is 29.3. The molecule has 0 bridgehead atoms. The summed E-state index contributed by atoms with van der Waals surface area (Å²) in [5, 5.41) is 17.8. The Morgan fingerprint density at radius 3 is 2.47 bits per heavy atom. The number of hydrogen-bond acceptors (Lipinski definition) is 4. The molecule has 0 aromatic carbocycles. The van der Waals surface area contributed by atoms with Crippen molar-refractivity contribution in [3.8, 4) is 11.4 Å². The summed E-state index contributed by atoms with van der Waals surface area (Å²) in [7, 11) is 0. The van der Waals surface area contributed by atoms with E-state index in [-0.39, 0.29) is 5.69 Å². The number of aromatic carboxylic acids is 1. The van der Waals surface area contributed by atoms with Crippen LogP contribution < -0.4 is 0 Å². The predicted octanol–water partition coefficient (Wildman–Crippen LogP) is 1.17. The van der Waals surface area contributed by atoms with Crippen LogP contribution in [0.25, 0.3) is 11.4 Å². The van der Waals surface area contributed by atoms with Gasteiger partial charge in [-0.1, -0.05) is 6.07 Å². The molecule has 17 heavy (non-hydrogen) atoms. The Hall–Kier alpha value is -2.70. The maximum Gasteiger partial charge on any atom is 0.418 e. The number of rotatable bonds is 2. The van der Waals surface area contributed by atoms with Crippen molar-refractivity contribution in [1.29, 1.82) is 0 Å². The van der Waals surface area contributed by atoms with Gasteiger partial charge in [-0.05, 0) is 12.1 Å². The molecule has 2 N–H and O–H groups in total. The third kappa shape index (κ3) is 1.85. The van der Waals surface area contributed by atoms with Crippen molar-refractivity contribution in [2.45, 2.75) is 0 Å². The van der Waals surface area contributed by atoms with Crippen molar-refractivity contribution in [2.75, 3.05) is 0 Å². The monoisotopic (exact) mass is 233 g/mol. The maximum absolute atomic E-state index is 11.0. The van der Waals surface area contributed by atoms with E-state index in [9.17, 15) is 9.59 Å². The Bertz CT molecular complexity index is 576. The van der Waals surface area contributed by atoms with E-state index < -0.39 is 17.9 Å². The van der Waals surface area contributed by atoms with E-state index in [1.165, 1.54) is 12.4 Å². The number of carboxylic acid groups (broad SMARTS) is 2. The summed E-state index contributed by atoms with van der Waals surface area (Å²) in [6, 6.07) is 4.91. The predicted molar refractivity (Wildman–Crippen MR) is 55.8 cm³/mol. The second-order valence-corrected chi connectivity index (χ2v) is 3.11. The van der Waals surface area contributed by atoms with Crippen molar-refractivity contribution >= 4 is 12.1 Å². The van der Waals surface area contributed by atoms with Gasteiger partial charge in [-0.15, -0.1) is 0 Å². The van der Waals surface area contributed by atoms with Crippen LogP contribution in [0.3, 0.4) is 0 Å². The van der Waals surface area contributed by atoms with Crippen LogP contribution in [0.5, 0.6) is 0 Å². The highest BCUT2D eigenvalue weighted by atomic mass is 16.4. The number of carbonyl (C=O) groups is 2. The van der Waals surface area contributed by atoms with Gasteiger partial charge in [-0.3, -0.25) is 4.98 Å². The van der Waals surface area contributed by atoms with Crippen LogP contribution in [0.1, 0.15) is 10.6 Å². The van der Waals surface area contributed by atoms with Crippen molar-refractivity contribution < 1.29 is 19.8 Å². The van der Waals surface area contributed by atoms with Gasteiger partial charge in [0.1, 0.15) is 0 Å². The average Bonchev–Trinajstić information content (AvgIpc) is 2.74. The zero-order chi connectivity index (χ0) is 12.4. The van der Waals surface area contributed by atoms with Crippen LogP contribution in [0.15, 0.2) is 30.6 Å². The molecular weight excluding hydrogens is 226 g/mol. The van der Waals surface area contributed by atoms with Crippen LogP contribution in [0.4, 0.5) is 4.79 Å². The number of aromatic nitrogens is 3. The maximum atomic E-state index is 11.0. The smallest absolute Gasteiger partial charge is 0.418 e. The van der Waals surface area contributed by atoms with E-state index in [0.717, 1.165) is 0 Å². The van der Waals surface area contributed by atoms with Crippen molar-refractivity contribution in [1.82, 2.24) is 14.5 Å². The second-order valence-electron chi connectivity index (χ2n) is 3.11. The Morgan fingerprint density at radius 2 is 1.94 bits per heavy atom. The third-order valence-corrected chi connectivity index (χ3v) is 2.07. The molecular formula is C10H7N3O4. The van der Waals surface area contributed by atoms with E-state index in [1.54, 1.807) is 18.2 Å². The lowest BCUT2D eigenvalue weighted by Crippen LogP contribution is -2.17. The topological polar surface area (TPSA) is 105 Å². The standard InChI is InChI=1S/C10H7N3O4/c14-9(15)8-12-5-7(13(8)10(16)17)6-3-1-2-4-11-6/h1-5H,(H,14,15)(H,16,17). The van der Waals surface area contributed by atoms with Crippen molar-refractivity contribution in [3.63, 3.8) is 0 Å². The average molecular weight is 233 g/mol. The van der Waals surface area contributed by atoms with Gasteiger partial charge in [0.25, 0.3) is 0 Å². The summed E-state index contributed by atoms with van der Waals surface area (Å²) in [5.74, 6) is -1.97. The molecule has 0 unspecified atom stereocenters. The lowest BCUT2D eigenvalue weighted by molar-refractivity contribution is 0.0677. The largest absolute Gasteiger partial charge is 0.475 e. The molecule has 0 saturated carbocycles. The quantitative estimate of drug-likeness (QED) is 0.806. The summed E-state index contributed by atoms with van der Waals surface area (Å²) < 4.78 is 0.588. The zero-order valence-corrected chi connectivity index (χ0v) is 8.44. The number of nitrogens with zero attached hydrogens (tertiary/aromatic N) is 3. The molecule has 0 saturated heterocycles. The lowest BCUT2D eigenvalue weighted by Gasteiger charge is -2.03. The van der Waals surface area contributed by atoms with Gasteiger partial charge >= 0.3 is 12.1 Å². The van der Waals surface area contributed by atoms with E-state index in [1.807, 2.05) is 0 Å². The molecule has 2 rings (SSSR count). The summed E-state index contributed by atoms with van der Waals surface area (Å²) in [6.45, 7) is 0. The molecule has 0 fully saturated rings. The van der Waals surface area contributed by atoms with Crippen LogP contribution in [-0.2, 0) is 0 Å². The molecule has 0 radical (unpaired) electrons. The molecule has 0 atom stereocenters. The highest BCUT2D eigenvalue weighted by Gasteiger charge is 2.22. The van der Waals surface area contributed by atoms with Gasteiger partial charge in [-0.25, -0.2) is 19.1 Å². The third-order valence-electron chi connectivity index (χ3n) is 2.07. The normalized spacial score (nSPS) is 10.1. The molecule has 7 nitrogen and oxygen atoms in total. The number of hydrogen-bond donors (Lipinski definition) is 2. The second kappa shape index (κ2) is 4.05. The molecule has 2 aromatic rings. The Kier molecular flexibility index (Phi) is 2.57. The minimum absolute atomic E-state index is 0.121. The first-order valence-electron chi connectivity index (χ1n) is 4.57. The van der Waals surface area contributed by atoms with Gasteiger partial charge in [-0.2, -0.15) is 0 Å². The molecule has 86 valence electrons. The van der Waals surface area contributed by atoms with Gasteiger partial charge in [0.05, 0.1) is 17.6 Å². The summed E-state index contributed by atoms with van der Waals surface area (Å²) in [6.07, 6.45) is 1.23. The Morgan fingerprint density at radius 1 is 1.18 bits per heavy atom. The molecule has 0 amide bonds. The fourth-order valence-corrected chi connectivity index (χ4v) is 1.39. The number of carboxylic acids is 1. The van der Waals surface area contributed by atoms with E-state index in [2.05, 4.69) is 9.97 Å². The Labute approximate surface area is 95.0 Å². The fourth-order valence-electron chi connectivity index (χ4n) is 1.39. The van der Waals surface area contributed by atoms with Crippen molar-refractivity contribution in [2.24, 2.45) is 0 Å². The lowest BCUT2D eigenvalue weighted by atomic mass is 10.3. The minimum atomic E-state index is -1.42. The van der Waals surface area contributed by atoms with Gasteiger partial charge < -0.3 is 10.2 Å². The first-order valence-corrected chi connectivity index (χ1v) is 4.57. The molecule has 0 spiro atoms. The van der Waals surface area contributed by atoms with Gasteiger partial charge in [0, 0.05) is 6.20 Å². The van der Waals surface area contributed by atoms with E-state index >= 15 is 0 Å². The number of imidazole rings is 1. The van der Waals surface area contributed by atoms with E-state index in [0.29, 0.717) is 10.3 Å². The fraction of sp³-hybridized carbons (Fsp3) is 0. The zero-order valence-electron chi connectivity index (χ0n) is 8.44. The highest BCUT2D eigenvalue weighted by Crippen LogP contribution is 2.18. The van der Waals surface area contributed by atoms with Crippen molar-refractivity contribution in [3.05, 3.63) is 36.4 Å². The molecule has 0 aliphatic carbocycles. The molecule has 0 aliphatic rings. The molecule has 7 heteroatoms. The van der Waals surface area contributed by atoms with Gasteiger partial charge in [0.2, 0.25) is 5.82 Å². The summed E-state index contributed by atoms with van der Waals surface area (Å²) in [5.41, 5.74) is 0.463. The summed E-state index contributed by atoms with van der Waals surface area (Å²) >= 11 is 0. The molecule has 2 aromatic heterocycles. The Balaban J connectivity index is 2.64. The van der Waals surface area contributed by atoms with Gasteiger partial charge in [0.15, 0.2) is 0 Å². The minimum Gasteiger partial charge on any atom is -0.475 e. The molecule has 2 heterocycles. The molecule has 0 aliphatic heterocycles. The number of pyridine rings is 1. The van der Waals surface area contributed by atoms with Crippen LogP contribution >= 0.6 is 0 Å². The first-order chi connectivity index (χ1) is 8.11. The van der Waals surface area contributed by atoms with E-state index in [4.69, 9.17) is 10.2 Å². The highest BCUT2D eigenvalue weighted by molar-refractivity contribution is 5.90. The van der Waals surface area contributed by atoms with Crippen LogP contribution in [-0.4, -0.2) is 36.8 Å².